The Hall–Kier alpha value is -2.54. The van der Waals surface area contributed by atoms with Crippen LogP contribution >= 0.6 is 0 Å². The first-order valence-electron chi connectivity index (χ1n) is 6.88. The van der Waals surface area contributed by atoms with Gasteiger partial charge in [0.2, 0.25) is 0 Å². The largest absolute Gasteiger partial charge is 0.497 e. The Bertz CT molecular complexity index is 724. The molecule has 1 aromatic carbocycles. The summed E-state index contributed by atoms with van der Waals surface area (Å²) in [5.41, 5.74) is 1.15. The summed E-state index contributed by atoms with van der Waals surface area (Å²) in [5, 5.41) is 10.0. The number of carbonyl (C=O) groups is 2. The number of methoxy groups -OCH3 is 1. The molecule has 7 heteroatoms. The molecule has 116 valence electrons. The van der Waals surface area contributed by atoms with Gasteiger partial charge in [0.1, 0.15) is 11.4 Å². The van der Waals surface area contributed by atoms with E-state index in [1.165, 1.54) is 4.90 Å². The number of morpholine rings is 1. The number of aromatic nitrogens is 1. The first-order valence-corrected chi connectivity index (χ1v) is 6.88. The van der Waals surface area contributed by atoms with Gasteiger partial charge >= 0.3 is 5.97 Å². The van der Waals surface area contributed by atoms with Crippen LogP contribution in [-0.2, 0) is 9.53 Å². The van der Waals surface area contributed by atoms with E-state index in [1.54, 1.807) is 19.2 Å². The second-order valence-corrected chi connectivity index (χ2v) is 5.06. The van der Waals surface area contributed by atoms with Crippen LogP contribution in [-0.4, -0.2) is 59.8 Å². The summed E-state index contributed by atoms with van der Waals surface area (Å²) < 4.78 is 10.3. The molecule has 1 saturated heterocycles. The number of ether oxygens (including phenoxy) is 2. The van der Waals surface area contributed by atoms with E-state index in [0.29, 0.717) is 18.1 Å². The molecule has 1 fully saturated rings. The van der Waals surface area contributed by atoms with Crippen LogP contribution in [0.2, 0.25) is 0 Å². The van der Waals surface area contributed by atoms with E-state index in [0.717, 1.165) is 10.9 Å². The summed E-state index contributed by atoms with van der Waals surface area (Å²) in [7, 11) is 1.57. The van der Waals surface area contributed by atoms with Gasteiger partial charge in [-0.1, -0.05) is 0 Å². The maximum atomic E-state index is 12.6. The van der Waals surface area contributed by atoms with Crippen molar-refractivity contribution in [2.24, 2.45) is 0 Å². The maximum Gasteiger partial charge on any atom is 0.328 e. The quantitative estimate of drug-likeness (QED) is 0.886. The molecule has 1 aliphatic rings. The van der Waals surface area contributed by atoms with Gasteiger partial charge in [0.05, 0.1) is 20.3 Å². The first-order chi connectivity index (χ1) is 10.6. The number of carboxylic acid groups (broad SMARTS) is 1. The normalized spacial score (nSPS) is 18.4. The topological polar surface area (TPSA) is 91.9 Å². The fourth-order valence-electron chi connectivity index (χ4n) is 2.56. The van der Waals surface area contributed by atoms with Gasteiger partial charge in [-0.2, -0.15) is 0 Å². The zero-order valence-electron chi connectivity index (χ0n) is 12.0. The number of H-pyrrole nitrogens is 1. The molecular formula is C15H16N2O5. The Labute approximate surface area is 126 Å². The first kappa shape index (κ1) is 14.4. The minimum atomic E-state index is -1.06. The Balaban J connectivity index is 1.92. The monoisotopic (exact) mass is 304 g/mol. The highest BCUT2D eigenvalue weighted by Crippen LogP contribution is 2.23. The van der Waals surface area contributed by atoms with Crippen LogP contribution in [0.25, 0.3) is 10.9 Å². The molecule has 22 heavy (non-hydrogen) atoms. The second-order valence-electron chi connectivity index (χ2n) is 5.06. The van der Waals surface area contributed by atoms with E-state index >= 15 is 0 Å². The summed E-state index contributed by atoms with van der Waals surface area (Å²) in [4.78, 5) is 28.2. The summed E-state index contributed by atoms with van der Waals surface area (Å²) in [6.45, 7) is 0.604. The van der Waals surface area contributed by atoms with Gasteiger partial charge < -0.3 is 24.5 Å². The van der Waals surface area contributed by atoms with Crippen molar-refractivity contribution in [3.63, 3.8) is 0 Å². The third kappa shape index (κ3) is 2.50. The number of hydrogen-bond acceptors (Lipinski definition) is 4. The minimum absolute atomic E-state index is 0.00905. The van der Waals surface area contributed by atoms with E-state index in [1.807, 2.05) is 12.1 Å². The summed E-state index contributed by atoms with van der Waals surface area (Å²) >= 11 is 0. The van der Waals surface area contributed by atoms with Crippen molar-refractivity contribution >= 4 is 22.8 Å². The van der Waals surface area contributed by atoms with Crippen LogP contribution in [0.15, 0.2) is 24.3 Å². The van der Waals surface area contributed by atoms with Crippen molar-refractivity contribution in [3.05, 3.63) is 30.0 Å². The molecule has 1 amide bonds. The number of aromatic amines is 1. The predicted octanol–water partition coefficient (Wildman–Crippen LogP) is 1.10. The molecule has 2 heterocycles. The highest BCUT2D eigenvalue weighted by molar-refractivity contribution is 6.00. The van der Waals surface area contributed by atoms with Crippen LogP contribution in [0.5, 0.6) is 5.75 Å². The minimum Gasteiger partial charge on any atom is -0.497 e. The van der Waals surface area contributed by atoms with Crippen molar-refractivity contribution in [1.82, 2.24) is 9.88 Å². The van der Waals surface area contributed by atoms with Gasteiger partial charge in [-0.15, -0.1) is 0 Å². The van der Waals surface area contributed by atoms with Crippen LogP contribution in [0.4, 0.5) is 0 Å². The van der Waals surface area contributed by atoms with Crippen LogP contribution in [0.1, 0.15) is 10.5 Å². The third-order valence-electron chi connectivity index (χ3n) is 3.73. The molecule has 1 atom stereocenters. The van der Waals surface area contributed by atoms with Crippen LogP contribution in [0, 0.1) is 0 Å². The van der Waals surface area contributed by atoms with Crippen LogP contribution in [0.3, 0.4) is 0 Å². The highest BCUT2D eigenvalue weighted by Gasteiger charge is 2.33. The number of carbonyl (C=O) groups excluding carboxylic acids is 1. The SMILES string of the molecule is COc1ccc2[nH]c(C(=O)N3CCOCC3C(=O)O)cc2c1. The lowest BCUT2D eigenvalue weighted by atomic mass is 10.2. The van der Waals surface area contributed by atoms with Gasteiger partial charge in [-0.05, 0) is 24.3 Å². The van der Waals surface area contributed by atoms with Crippen molar-refractivity contribution in [2.45, 2.75) is 6.04 Å². The lowest BCUT2D eigenvalue weighted by Crippen LogP contribution is -2.52. The number of benzene rings is 1. The molecule has 0 saturated carbocycles. The molecule has 0 bridgehead atoms. The molecule has 0 radical (unpaired) electrons. The van der Waals surface area contributed by atoms with E-state index in [9.17, 15) is 14.7 Å². The third-order valence-corrected chi connectivity index (χ3v) is 3.73. The number of fused-ring (bicyclic) bond motifs is 1. The Morgan fingerprint density at radius 1 is 1.41 bits per heavy atom. The molecule has 1 aliphatic heterocycles. The molecule has 0 aliphatic carbocycles. The summed E-state index contributed by atoms with van der Waals surface area (Å²) in [6.07, 6.45) is 0. The van der Waals surface area contributed by atoms with E-state index in [2.05, 4.69) is 4.98 Å². The van der Waals surface area contributed by atoms with E-state index in [4.69, 9.17) is 9.47 Å². The number of rotatable bonds is 3. The van der Waals surface area contributed by atoms with Gasteiger partial charge in [0.25, 0.3) is 5.91 Å². The zero-order valence-corrected chi connectivity index (χ0v) is 12.0. The highest BCUT2D eigenvalue weighted by atomic mass is 16.5. The number of amides is 1. The van der Waals surface area contributed by atoms with E-state index < -0.39 is 12.0 Å². The average molecular weight is 304 g/mol. The Morgan fingerprint density at radius 2 is 2.23 bits per heavy atom. The molecule has 7 nitrogen and oxygen atoms in total. The molecule has 0 spiro atoms. The Kier molecular flexibility index (Phi) is 3.72. The van der Waals surface area contributed by atoms with Crippen molar-refractivity contribution < 1.29 is 24.2 Å². The number of nitrogens with one attached hydrogen (secondary N) is 1. The predicted molar refractivity (Wildman–Crippen MR) is 78.1 cm³/mol. The molecule has 1 aromatic heterocycles. The molecule has 3 rings (SSSR count). The summed E-state index contributed by atoms with van der Waals surface area (Å²) in [6, 6.07) is 6.17. The number of carboxylic acids is 1. The molecule has 2 N–H and O–H groups in total. The van der Waals surface area contributed by atoms with Crippen molar-refractivity contribution in [2.75, 3.05) is 26.9 Å². The fraction of sp³-hybridized carbons (Fsp3) is 0.333. The number of aliphatic carboxylic acids is 1. The van der Waals surface area contributed by atoms with E-state index in [-0.39, 0.29) is 19.1 Å². The smallest absolute Gasteiger partial charge is 0.328 e. The molecular weight excluding hydrogens is 288 g/mol. The van der Waals surface area contributed by atoms with Crippen molar-refractivity contribution in [3.8, 4) is 5.75 Å². The fourth-order valence-corrected chi connectivity index (χ4v) is 2.56. The van der Waals surface area contributed by atoms with Gasteiger partial charge in [-0.25, -0.2) is 4.79 Å². The zero-order chi connectivity index (χ0) is 15.7. The van der Waals surface area contributed by atoms with Gasteiger partial charge in [0.15, 0.2) is 6.04 Å². The standard InChI is InChI=1S/C15H16N2O5/c1-21-10-2-3-11-9(6-10)7-12(16-11)14(18)17-4-5-22-8-13(17)15(19)20/h2-3,6-7,13,16H,4-5,8H2,1H3,(H,19,20). The number of hydrogen-bond donors (Lipinski definition) is 2. The lowest BCUT2D eigenvalue weighted by Gasteiger charge is -2.32. The lowest BCUT2D eigenvalue weighted by molar-refractivity contribution is -0.147. The maximum absolute atomic E-state index is 12.6. The molecule has 2 aromatic rings. The molecule has 1 unspecified atom stereocenters. The van der Waals surface area contributed by atoms with Gasteiger partial charge in [-0.3, -0.25) is 4.79 Å². The number of nitrogens with zero attached hydrogens (tertiary/aromatic N) is 1. The van der Waals surface area contributed by atoms with Crippen LogP contribution < -0.4 is 4.74 Å². The van der Waals surface area contributed by atoms with Gasteiger partial charge in [0, 0.05) is 17.4 Å². The Morgan fingerprint density at radius 3 is 2.95 bits per heavy atom. The average Bonchev–Trinajstić information content (AvgIpc) is 2.96. The van der Waals surface area contributed by atoms with Crippen molar-refractivity contribution in [1.29, 1.82) is 0 Å². The summed E-state index contributed by atoms with van der Waals surface area (Å²) in [5.74, 6) is -0.711. The second kappa shape index (κ2) is 5.69.